The Balaban J connectivity index is 1.65. The summed E-state index contributed by atoms with van der Waals surface area (Å²) in [4.78, 5) is 25.4. The highest BCUT2D eigenvalue weighted by molar-refractivity contribution is 8.13. The lowest BCUT2D eigenvalue weighted by Gasteiger charge is -2.63. The second kappa shape index (κ2) is 6.97. The Morgan fingerprint density at radius 1 is 1.24 bits per heavy atom. The standard InChI is InChI=1S/C24H30F2O6S/c1-20(2)31-18-9-13-14-8-16(25)15-7-12(28)5-6-21(15,3)23(14,26)17(29)10-22(13,4)24(18,32-20)19(30)33-11-27/h5-7,13-14,16-18,27,29H,8-11H2,1-4H3/t13?,14?,16-,17-,18+,21?,22?,23-,24-/m0/s1. The Bertz CT molecular complexity index is 982. The third-order valence-electron chi connectivity index (χ3n) is 9.12. The van der Waals surface area contributed by atoms with Crippen molar-refractivity contribution >= 4 is 22.7 Å². The number of hydrogen-bond acceptors (Lipinski definition) is 7. The number of hydrogen-bond donors (Lipinski definition) is 2. The second-order valence-electron chi connectivity index (χ2n) is 11.0. The quantitative estimate of drug-likeness (QED) is 0.582. The molecule has 182 valence electrons. The molecule has 4 unspecified atom stereocenters. The third-order valence-corrected chi connectivity index (χ3v) is 9.81. The number of aliphatic hydroxyl groups is 2. The Labute approximate surface area is 195 Å². The first kappa shape index (κ1) is 23.6. The predicted molar refractivity (Wildman–Crippen MR) is 116 cm³/mol. The minimum absolute atomic E-state index is 0.0600. The maximum Gasteiger partial charge on any atom is 0.226 e. The highest BCUT2D eigenvalue weighted by Gasteiger charge is 2.80. The smallest absolute Gasteiger partial charge is 0.226 e. The van der Waals surface area contributed by atoms with Gasteiger partial charge in [-0.25, -0.2) is 8.78 Å². The van der Waals surface area contributed by atoms with Crippen LogP contribution in [-0.2, 0) is 19.1 Å². The van der Waals surface area contributed by atoms with Crippen molar-refractivity contribution in [3.05, 3.63) is 23.8 Å². The highest BCUT2D eigenvalue weighted by atomic mass is 32.2. The Morgan fingerprint density at radius 3 is 2.61 bits per heavy atom. The zero-order valence-corrected chi connectivity index (χ0v) is 20.0. The third kappa shape index (κ3) is 2.69. The van der Waals surface area contributed by atoms with Gasteiger partial charge in [-0.15, -0.1) is 0 Å². The minimum atomic E-state index is -2.23. The van der Waals surface area contributed by atoms with E-state index in [1.807, 2.05) is 0 Å². The minimum Gasteiger partial charge on any atom is -0.390 e. The van der Waals surface area contributed by atoms with Crippen LogP contribution in [-0.4, -0.2) is 62.5 Å². The van der Waals surface area contributed by atoms with Gasteiger partial charge in [-0.2, -0.15) is 0 Å². The Kier molecular flexibility index (Phi) is 4.98. The van der Waals surface area contributed by atoms with E-state index in [2.05, 4.69) is 0 Å². The molecule has 0 aromatic heterocycles. The van der Waals surface area contributed by atoms with Crippen molar-refractivity contribution in [2.45, 2.75) is 82.4 Å². The first-order chi connectivity index (χ1) is 15.3. The van der Waals surface area contributed by atoms with Crippen molar-refractivity contribution in [3.8, 4) is 0 Å². The summed E-state index contributed by atoms with van der Waals surface area (Å²) < 4.78 is 45.1. The summed E-state index contributed by atoms with van der Waals surface area (Å²) >= 11 is 0.703. The van der Waals surface area contributed by atoms with Crippen molar-refractivity contribution in [3.63, 3.8) is 0 Å². The maximum atomic E-state index is 17.2. The number of rotatable bonds is 2. The van der Waals surface area contributed by atoms with Gasteiger partial charge >= 0.3 is 0 Å². The van der Waals surface area contributed by atoms with E-state index in [9.17, 15) is 19.8 Å². The summed E-state index contributed by atoms with van der Waals surface area (Å²) in [6.45, 7) is 6.73. The molecule has 5 aliphatic rings. The normalized spacial score (nSPS) is 51.9. The van der Waals surface area contributed by atoms with Crippen LogP contribution < -0.4 is 0 Å². The van der Waals surface area contributed by atoms with Crippen LogP contribution in [0.15, 0.2) is 23.8 Å². The molecule has 3 saturated carbocycles. The Hall–Kier alpha value is -1.13. The van der Waals surface area contributed by atoms with E-state index in [1.54, 1.807) is 27.7 Å². The van der Waals surface area contributed by atoms with Gasteiger partial charge in [-0.3, -0.25) is 9.59 Å². The van der Waals surface area contributed by atoms with Gasteiger partial charge in [0.25, 0.3) is 0 Å². The molecule has 0 bridgehead atoms. The average Bonchev–Trinajstić information content (AvgIpc) is 3.13. The van der Waals surface area contributed by atoms with Gasteiger partial charge in [0.05, 0.1) is 18.1 Å². The average molecular weight is 485 g/mol. The van der Waals surface area contributed by atoms with Crippen molar-refractivity contribution in [1.82, 2.24) is 0 Å². The predicted octanol–water partition coefficient (Wildman–Crippen LogP) is 3.02. The topological polar surface area (TPSA) is 93.1 Å². The molecule has 4 aliphatic carbocycles. The molecule has 0 amide bonds. The van der Waals surface area contributed by atoms with E-state index in [0.29, 0.717) is 11.8 Å². The molecule has 9 atom stereocenters. The van der Waals surface area contributed by atoms with Gasteiger partial charge in [0.15, 0.2) is 22.8 Å². The van der Waals surface area contributed by atoms with Gasteiger partial charge in [0.2, 0.25) is 5.12 Å². The van der Waals surface area contributed by atoms with Crippen LogP contribution in [0.1, 0.15) is 47.0 Å². The highest BCUT2D eigenvalue weighted by Crippen LogP contribution is 2.72. The SMILES string of the molecule is CC1(C)O[C@@H]2CC3C4C[C@H](F)C5=CC(=O)C=CC5(C)[C@@]4(F)[C@@H](O)CC3(C)[C@]2(C(=O)SCO)O1. The molecule has 9 heteroatoms. The number of carbonyl (C=O) groups excluding carboxylic acids is 2. The number of ether oxygens (including phenoxy) is 2. The fourth-order valence-corrected chi connectivity index (χ4v) is 8.56. The monoisotopic (exact) mass is 484 g/mol. The summed E-state index contributed by atoms with van der Waals surface area (Å²) in [7, 11) is 0. The van der Waals surface area contributed by atoms with Gasteiger partial charge in [0.1, 0.15) is 6.17 Å². The van der Waals surface area contributed by atoms with Gasteiger partial charge in [-0.05, 0) is 63.7 Å². The molecule has 2 N–H and O–H groups in total. The van der Waals surface area contributed by atoms with Crippen LogP contribution in [0.3, 0.4) is 0 Å². The number of ketones is 1. The molecular weight excluding hydrogens is 454 g/mol. The van der Waals surface area contributed by atoms with Crippen LogP contribution in [0, 0.1) is 22.7 Å². The van der Waals surface area contributed by atoms with Gasteiger partial charge in [-0.1, -0.05) is 24.8 Å². The molecule has 0 aromatic carbocycles. The molecule has 1 aliphatic heterocycles. The number of alkyl halides is 2. The number of fused-ring (bicyclic) bond motifs is 7. The van der Waals surface area contributed by atoms with Crippen molar-refractivity contribution in [1.29, 1.82) is 0 Å². The van der Waals surface area contributed by atoms with Crippen LogP contribution in [0.25, 0.3) is 0 Å². The molecule has 4 fully saturated rings. The zero-order valence-electron chi connectivity index (χ0n) is 19.1. The lowest BCUT2D eigenvalue weighted by atomic mass is 9.44. The van der Waals surface area contributed by atoms with E-state index in [4.69, 9.17) is 9.47 Å². The number of allylic oxidation sites excluding steroid dienone is 4. The zero-order chi connectivity index (χ0) is 24.2. The lowest BCUT2D eigenvalue weighted by Crippen LogP contribution is -2.70. The molecule has 5 rings (SSSR count). The fraction of sp³-hybridized carbons (Fsp3) is 0.750. The first-order valence-electron chi connectivity index (χ1n) is 11.4. The van der Waals surface area contributed by atoms with Crippen molar-refractivity contribution in [2.75, 3.05) is 5.94 Å². The molecule has 1 heterocycles. The van der Waals surface area contributed by atoms with Crippen LogP contribution in [0.2, 0.25) is 0 Å². The van der Waals surface area contributed by atoms with E-state index in [0.717, 1.165) is 6.08 Å². The molecule has 33 heavy (non-hydrogen) atoms. The van der Waals surface area contributed by atoms with Crippen LogP contribution in [0.4, 0.5) is 8.78 Å². The molecular formula is C24H30F2O6S. The summed E-state index contributed by atoms with van der Waals surface area (Å²) in [5, 5.41) is 20.4. The van der Waals surface area contributed by atoms with Gasteiger partial charge < -0.3 is 19.7 Å². The fourth-order valence-electron chi connectivity index (χ4n) is 7.82. The maximum absolute atomic E-state index is 17.2. The summed E-state index contributed by atoms with van der Waals surface area (Å²) in [5.74, 6) is -3.37. The molecule has 6 nitrogen and oxygen atoms in total. The first-order valence-corrected chi connectivity index (χ1v) is 12.4. The molecule has 0 spiro atoms. The molecule has 1 saturated heterocycles. The van der Waals surface area contributed by atoms with E-state index in [1.165, 1.54) is 12.2 Å². The second-order valence-corrected chi connectivity index (χ2v) is 11.9. The number of thioether (sulfide) groups is 1. The Morgan fingerprint density at radius 2 is 1.94 bits per heavy atom. The van der Waals surface area contributed by atoms with Crippen molar-refractivity contribution in [2.24, 2.45) is 22.7 Å². The van der Waals surface area contributed by atoms with Crippen molar-refractivity contribution < 1.29 is 38.1 Å². The van der Waals surface area contributed by atoms with Crippen LogP contribution >= 0.6 is 11.8 Å². The molecule has 0 radical (unpaired) electrons. The number of aliphatic hydroxyl groups excluding tert-OH is 2. The summed E-state index contributed by atoms with van der Waals surface area (Å²) in [5.41, 5.74) is -6.20. The van der Waals surface area contributed by atoms with E-state index >= 15 is 8.78 Å². The number of carbonyl (C=O) groups is 2. The number of halogens is 2. The largest absolute Gasteiger partial charge is 0.390 e. The summed E-state index contributed by atoms with van der Waals surface area (Å²) in [6, 6.07) is 0. The lowest BCUT2D eigenvalue weighted by molar-refractivity contribution is -0.246. The molecule has 0 aromatic rings. The van der Waals surface area contributed by atoms with E-state index in [-0.39, 0.29) is 24.8 Å². The van der Waals surface area contributed by atoms with Crippen LogP contribution in [0.5, 0.6) is 0 Å². The summed E-state index contributed by atoms with van der Waals surface area (Å²) in [6.07, 6.45) is -0.0407. The van der Waals surface area contributed by atoms with Gasteiger partial charge in [0, 0.05) is 16.7 Å². The van der Waals surface area contributed by atoms with E-state index < -0.39 is 74.9 Å².